The van der Waals surface area contributed by atoms with Crippen LogP contribution in [0.5, 0.6) is 5.88 Å². The Morgan fingerprint density at radius 2 is 2.00 bits per heavy atom. The summed E-state index contributed by atoms with van der Waals surface area (Å²) in [7, 11) is 0. The molecular weight excluding hydrogens is 354 g/mol. The van der Waals surface area contributed by atoms with Crippen LogP contribution in [0.3, 0.4) is 0 Å². The molecule has 2 heterocycles. The highest BCUT2D eigenvalue weighted by Crippen LogP contribution is 2.28. The van der Waals surface area contributed by atoms with E-state index < -0.39 is 0 Å². The van der Waals surface area contributed by atoms with Gasteiger partial charge in [-0.1, -0.05) is 31.2 Å². The van der Waals surface area contributed by atoms with Crippen LogP contribution in [0.4, 0.5) is 5.69 Å². The number of hydrogen-bond donors (Lipinski definition) is 1. The number of carbonyl (C=O) groups is 2. The van der Waals surface area contributed by atoms with Gasteiger partial charge in [0, 0.05) is 37.0 Å². The van der Waals surface area contributed by atoms with Crippen LogP contribution in [-0.2, 0) is 22.6 Å². The lowest BCUT2D eigenvalue weighted by atomic mass is 10.1. The number of hydrogen-bond acceptors (Lipinski definition) is 4. The second kappa shape index (κ2) is 8.87. The number of ether oxygens (including phenoxy) is 1. The lowest BCUT2D eigenvalue weighted by molar-refractivity contribution is -0.126. The fourth-order valence-electron chi connectivity index (χ4n) is 3.40. The van der Waals surface area contributed by atoms with E-state index in [1.807, 2.05) is 50.2 Å². The smallest absolute Gasteiger partial charge is 0.227 e. The van der Waals surface area contributed by atoms with Gasteiger partial charge in [-0.3, -0.25) is 9.59 Å². The molecule has 0 saturated carbocycles. The number of aromatic nitrogens is 1. The minimum Gasteiger partial charge on any atom is -0.475 e. The number of pyridine rings is 1. The summed E-state index contributed by atoms with van der Waals surface area (Å²) < 4.78 is 5.70. The number of anilines is 1. The van der Waals surface area contributed by atoms with Crippen LogP contribution in [0.1, 0.15) is 38.3 Å². The highest BCUT2D eigenvalue weighted by Gasteiger charge is 2.35. The van der Waals surface area contributed by atoms with Crippen molar-refractivity contribution in [2.45, 2.75) is 46.3 Å². The van der Waals surface area contributed by atoms with Crippen LogP contribution in [0.25, 0.3) is 0 Å². The average molecular weight is 381 g/mol. The first-order chi connectivity index (χ1) is 13.5. The van der Waals surface area contributed by atoms with Gasteiger partial charge in [-0.2, -0.15) is 0 Å². The standard InChI is InChI=1S/C22H27N3O3/c1-4-16-8-5-6-10-19(16)25-14-18(12-20(25)26)21(27)24-13-17-9-7-11-23-22(17)28-15(2)3/h5-11,15,18H,4,12-14H2,1-3H3,(H,24,27)/t18-/m0/s1. The third kappa shape index (κ3) is 4.50. The first kappa shape index (κ1) is 19.9. The fraction of sp³-hybridized carbons (Fsp3) is 0.409. The Kier molecular flexibility index (Phi) is 6.29. The predicted molar refractivity (Wildman–Crippen MR) is 108 cm³/mol. The third-order valence-electron chi connectivity index (χ3n) is 4.81. The number of nitrogens with zero attached hydrogens (tertiary/aromatic N) is 2. The average Bonchev–Trinajstić information content (AvgIpc) is 3.08. The van der Waals surface area contributed by atoms with Crippen LogP contribution < -0.4 is 15.0 Å². The van der Waals surface area contributed by atoms with Crippen molar-refractivity contribution in [1.29, 1.82) is 0 Å². The van der Waals surface area contributed by atoms with Gasteiger partial charge in [0.05, 0.1) is 12.0 Å². The second-order valence-corrected chi connectivity index (χ2v) is 7.24. The van der Waals surface area contributed by atoms with E-state index in [1.54, 1.807) is 11.1 Å². The van der Waals surface area contributed by atoms with Gasteiger partial charge in [-0.25, -0.2) is 4.98 Å². The zero-order chi connectivity index (χ0) is 20.1. The molecule has 0 unspecified atom stereocenters. The maximum atomic E-state index is 12.7. The molecule has 1 atom stereocenters. The van der Waals surface area contributed by atoms with Crippen molar-refractivity contribution in [2.75, 3.05) is 11.4 Å². The fourth-order valence-corrected chi connectivity index (χ4v) is 3.40. The molecule has 0 bridgehead atoms. The molecule has 0 radical (unpaired) electrons. The van der Waals surface area contributed by atoms with E-state index in [2.05, 4.69) is 17.2 Å². The maximum Gasteiger partial charge on any atom is 0.227 e. The molecule has 0 aliphatic carbocycles. The minimum atomic E-state index is -0.358. The highest BCUT2D eigenvalue weighted by atomic mass is 16.5. The van der Waals surface area contributed by atoms with Gasteiger partial charge in [0.1, 0.15) is 0 Å². The lowest BCUT2D eigenvalue weighted by Crippen LogP contribution is -2.33. The van der Waals surface area contributed by atoms with Gasteiger partial charge in [0.2, 0.25) is 17.7 Å². The largest absolute Gasteiger partial charge is 0.475 e. The van der Waals surface area contributed by atoms with Crippen molar-refractivity contribution in [1.82, 2.24) is 10.3 Å². The number of para-hydroxylation sites is 1. The van der Waals surface area contributed by atoms with E-state index in [1.165, 1.54) is 0 Å². The Hall–Kier alpha value is -2.89. The molecule has 2 aromatic rings. The van der Waals surface area contributed by atoms with Gasteiger partial charge >= 0.3 is 0 Å². The predicted octanol–water partition coefficient (Wildman–Crippen LogP) is 3.10. The van der Waals surface area contributed by atoms with Gasteiger partial charge in [0.15, 0.2) is 0 Å². The summed E-state index contributed by atoms with van der Waals surface area (Å²) >= 11 is 0. The first-order valence-electron chi connectivity index (χ1n) is 9.76. The molecule has 6 nitrogen and oxygen atoms in total. The van der Waals surface area contributed by atoms with E-state index in [9.17, 15) is 9.59 Å². The number of nitrogens with one attached hydrogen (secondary N) is 1. The maximum absolute atomic E-state index is 12.7. The Bertz CT molecular complexity index is 850. The van der Waals surface area contributed by atoms with Gasteiger partial charge < -0.3 is 15.0 Å². The third-order valence-corrected chi connectivity index (χ3v) is 4.81. The monoisotopic (exact) mass is 381 g/mol. The first-order valence-corrected chi connectivity index (χ1v) is 9.76. The van der Waals surface area contributed by atoms with Gasteiger partial charge in [0.25, 0.3) is 0 Å². The van der Waals surface area contributed by atoms with Crippen LogP contribution in [0, 0.1) is 5.92 Å². The Balaban J connectivity index is 1.64. The van der Waals surface area contributed by atoms with E-state index in [4.69, 9.17) is 4.74 Å². The topological polar surface area (TPSA) is 71.5 Å². The van der Waals surface area contributed by atoms with Crippen molar-refractivity contribution >= 4 is 17.5 Å². The van der Waals surface area contributed by atoms with E-state index >= 15 is 0 Å². The molecule has 3 rings (SSSR count). The second-order valence-electron chi connectivity index (χ2n) is 7.24. The molecule has 1 aromatic carbocycles. The molecule has 1 aliphatic rings. The van der Waals surface area contributed by atoms with E-state index in [0.717, 1.165) is 23.2 Å². The van der Waals surface area contributed by atoms with Crippen molar-refractivity contribution < 1.29 is 14.3 Å². The molecular formula is C22H27N3O3. The minimum absolute atomic E-state index is 0.00370. The summed E-state index contributed by atoms with van der Waals surface area (Å²) in [5.41, 5.74) is 2.84. The van der Waals surface area contributed by atoms with Crippen LogP contribution in [0.15, 0.2) is 42.6 Å². The molecule has 1 N–H and O–H groups in total. The highest BCUT2D eigenvalue weighted by molar-refractivity contribution is 6.00. The number of benzene rings is 1. The Labute approximate surface area is 165 Å². The van der Waals surface area contributed by atoms with Crippen LogP contribution in [-0.4, -0.2) is 29.4 Å². The SMILES string of the molecule is CCc1ccccc1N1C[C@@H](C(=O)NCc2cccnc2OC(C)C)CC1=O. The number of rotatable bonds is 7. The van der Waals surface area contributed by atoms with Crippen LogP contribution >= 0.6 is 0 Å². The number of aryl methyl sites for hydroxylation is 1. The van der Waals surface area contributed by atoms with Crippen molar-refractivity contribution in [3.8, 4) is 5.88 Å². The summed E-state index contributed by atoms with van der Waals surface area (Å²) in [6, 6.07) is 11.6. The molecule has 6 heteroatoms. The van der Waals surface area contributed by atoms with Crippen LogP contribution in [0.2, 0.25) is 0 Å². The molecule has 1 aliphatic heterocycles. The number of carbonyl (C=O) groups excluding carboxylic acids is 2. The van der Waals surface area contributed by atoms with Crippen molar-refractivity contribution in [3.05, 3.63) is 53.7 Å². The summed E-state index contributed by atoms with van der Waals surface area (Å²) in [5, 5.41) is 2.94. The van der Waals surface area contributed by atoms with E-state index in [0.29, 0.717) is 19.0 Å². The summed E-state index contributed by atoms with van der Waals surface area (Å²) in [4.78, 5) is 31.2. The lowest BCUT2D eigenvalue weighted by Gasteiger charge is -2.20. The van der Waals surface area contributed by atoms with Gasteiger partial charge in [-0.15, -0.1) is 0 Å². The van der Waals surface area contributed by atoms with Gasteiger partial charge in [-0.05, 0) is 38.0 Å². The molecule has 1 fully saturated rings. The Morgan fingerprint density at radius 1 is 1.25 bits per heavy atom. The molecule has 1 saturated heterocycles. The molecule has 0 spiro atoms. The molecule has 1 aromatic heterocycles. The normalized spacial score (nSPS) is 16.5. The zero-order valence-corrected chi connectivity index (χ0v) is 16.6. The van der Waals surface area contributed by atoms with E-state index in [-0.39, 0.29) is 30.3 Å². The van der Waals surface area contributed by atoms with Crippen molar-refractivity contribution in [3.63, 3.8) is 0 Å². The number of amides is 2. The molecule has 148 valence electrons. The zero-order valence-electron chi connectivity index (χ0n) is 16.6. The molecule has 2 amide bonds. The Morgan fingerprint density at radius 3 is 2.75 bits per heavy atom. The van der Waals surface area contributed by atoms with Crippen molar-refractivity contribution in [2.24, 2.45) is 5.92 Å². The summed E-state index contributed by atoms with van der Waals surface area (Å²) in [6.07, 6.45) is 2.74. The molecule has 28 heavy (non-hydrogen) atoms. The summed E-state index contributed by atoms with van der Waals surface area (Å²) in [6.45, 7) is 6.66. The summed E-state index contributed by atoms with van der Waals surface area (Å²) in [5.74, 6) is 0.0396. The quantitative estimate of drug-likeness (QED) is 0.800.